The highest BCUT2D eigenvalue weighted by atomic mass is 16.6. The van der Waals surface area contributed by atoms with Crippen LogP contribution in [0.25, 0.3) is 0 Å². The Morgan fingerprint density at radius 3 is 2.72 bits per heavy atom. The van der Waals surface area contributed by atoms with Crippen molar-refractivity contribution in [3.8, 4) is 0 Å². The van der Waals surface area contributed by atoms with E-state index in [9.17, 15) is 4.79 Å². The number of carbonyl (C=O) groups is 1. The summed E-state index contributed by atoms with van der Waals surface area (Å²) in [4.78, 5) is 10.9. The van der Waals surface area contributed by atoms with Crippen LogP contribution < -0.4 is 0 Å². The SMILES string of the molecule is CC(=O)O[C@H](C)C=C[C@H]1C(C)(C)CC[C@H]2O[C@]21C. The molecule has 1 saturated carbocycles. The number of fused-ring (bicyclic) bond motifs is 1. The lowest BCUT2D eigenvalue weighted by atomic mass is 9.64. The topological polar surface area (TPSA) is 38.8 Å². The first kappa shape index (κ1) is 13.6. The van der Waals surface area contributed by atoms with E-state index in [1.165, 1.54) is 13.3 Å². The van der Waals surface area contributed by atoms with Gasteiger partial charge >= 0.3 is 5.97 Å². The molecule has 0 aromatic heterocycles. The first-order valence-electron chi connectivity index (χ1n) is 6.79. The summed E-state index contributed by atoms with van der Waals surface area (Å²) in [7, 11) is 0. The van der Waals surface area contributed by atoms with Crippen molar-refractivity contribution >= 4 is 5.97 Å². The second-order valence-corrected chi connectivity index (χ2v) is 6.49. The van der Waals surface area contributed by atoms with E-state index in [0.29, 0.717) is 12.0 Å². The molecule has 1 saturated heterocycles. The molecule has 0 aromatic rings. The Morgan fingerprint density at radius 2 is 2.11 bits per heavy atom. The average molecular weight is 252 g/mol. The van der Waals surface area contributed by atoms with Crippen molar-refractivity contribution in [2.45, 2.75) is 65.3 Å². The zero-order chi connectivity index (χ0) is 13.6. The van der Waals surface area contributed by atoms with Gasteiger partial charge in [0.15, 0.2) is 0 Å². The molecule has 2 aliphatic rings. The van der Waals surface area contributed by atoms with Gasteiger partial charge in [-0.3, -0.25) is 4.79 Å². The van der Waals surface area contributed by atoms with E-state index in [2.05, 4.69) is 26.8 Å². The highest BCUT2D eigenvalue weighted by Crippen LogP contribution is 2.58. The van der Waals surface area contributed by atoms with Gasteiger partial charge in [-0.25, -0.2) is 0 Å². The maximum atomic E-state index is 10.9. The molecule has 0 spiro atoms. The van der Waals surface area contributed by atoms with Crippen LogP contribution in [0.15, 0.2) is 12.2 Å². The van der Waals surface area contributed by atoms with Gasteiger partial charge in [-0.1, -0.05) is 19.9 Å². The van der Waals surface area contributed by atoms with Gasteiger partial charge in [0.05, 0.1) is 11.7 Å². The number of esters is 1. The largest absolute Gasteiger partial charge is 0.459 e. The Balaban J connectivity index is 2.06. The number of hydrogen-bond donors (Lipinski definition) is 0. The van der Waals surface area contributed by atoms with Crippen molar-refractivity contribution in [3.63, 3.8) is 0 Å². The fourth-order valence-electron chi connectivity index (χ4n) is 3.35. The van der Waals surface area contributed by atoms with Gasteiger partial charge in [-0.2, -0.15) is 0 Å². The number of hydrogen-bond acceptors (Lipinski definition) is 3. The first-order valence-corrected chi connectivity index (χ1v) is 6.79. The Labute approximate surface area is 110 Å². The summed E-state index contributed by atoms with van der Waals surface area (Å²) in [5.41, 5.74) is 0.238. The zero-order valence-electron chi connectivity index (χ0n) is 12.0. The standard InChI is InChI=1S/C15H24O3/c1-10(17-11(2)16)6-7-12-14(3,4)9-8-13-15(12,5)18-13/h6-7,10,12-13H,8-9H2,1-5H3/t10-,12+,13-,15+/m1/s1. The summed E-state index contributed by atoms with van der Waals surface area (Å²) in [6.45, 7) is 10.1. The van der Waals surface area contributed by atoms with Gasteiger partial charge in [0.25, 0.3) is 0 Å². The van der Waals surface area contributed by atoms with E-state index in [-0.39, 0.29) is 23.1 Å². The van der Waals surface area contributed by atoms with Crippen LogP contribution in [0.1, 0.15) is 47.5 Å². The molecule has 18 heavy (non-hydrogen) atoms. The van der Waals surface area contributed by atoms with Crippen LogP contribution in [0.2, 0.25) is 0 Å². The van der Waals surface area contributed by atoms with E-state index in [1.54, 1.807) is 0 Å². The maximum Gasteiger partial charge on any atom is 0.303 e. The minimum Gasteiger partial charge on any atom is -0.459 e. The second kappa shape index (κ2) is 4.37. The zero-order valence-corrected chi connectivity index (χ0v) is 12.0. The number of epoxide rings is 1. The minimum atomic E-state index is -0.234. The van der Waals surface area contributed by atoms with E-state index in [0.717, 1.165) is 6.42 Å². The molecule has 4 atom stereocenters. The van der Waals surface area contributed by atoms with Gasteiger partial charge in [-0.15, -0.1) is 0 Å². The van der Waals surface area contributed by atoms with Crippen molar-refractivity contribution in [2.24, 2.45) is 11.3 Å². The van der Waals surface area contributed by atoms with E-state index in [4.69, 9.17) is 9.47 Å². The van der Waals surface area contributed by atoms with Crippen LogP contribution in [0.5, 0.6) is 0 Å². The van der Waals surface area contributed by atoms with Crippen LogP contribution in [0, 0.1) is 11.3 Å². The molecule has 1 aliphatic carbocycles. The molecular weight excluding hydrogens is 228 g/mol. The minimum absolute atomic E-state index is 0.00576. The van der Waals surface area contributed by atoms with Crippen molar-refractivity contribution in [1.82, 2.24) is 0 Å². The summed E-state index contributed by atoms with van der Waals surface area (Å²) >= 11 is 0. The Kier molecular flexibility index (Phi) is 3.30. The normalized spacial score (nSPS) is 39.2. The molecule has 0 amide bonds. The predicted octanol–water partition coefficient (Wildman–Crippen LogP) is 3.09. The number of ether oxygens (including phenoxy) is 2. The third-order valence-corrected chi connectivity index (χ3v) is 4.42. The first-order chi connectivity index (χ1) is 8.25. The summed E-state index contributed by atoms with van der Waals surface area (Å²) in [5.74, 6) is 0.156. The molecule has 2 fully saturated rings. The molecule has 0 bridgehead atoms. The Hall–Kier alpha value is -0.830. The molecule has 0 unspecified atom stereocenters. The van der Waals surface area contributed by atoms with Gasteiger partial charge in [0.1, 0.15) is 6.10 Å². The summed E-state index contributed by atoms with van der Waals surface area (Å²) in [6, 6.07) is 0. The molecule has 3 heteroatoms. The smallest absolute Gasteiger partial charge is 0.303 e. The van der Waals surface area contributed by atoms with Crippen molar-refractivity contribution in [3.05, 3.63) is 12.2 Å². The van der Waals surface area contributed by atoms with Gasteiger partial charge in [0.2, 0.25) is 0 Å². The van der Waals surface area contributed by atoms with E-state index in [1.807, 2.05) is 13.0 Å². The Bertz CT molecular complexity index is 367. The Morgan fingerprint density at radius 1 is 1.44 bits per heavy atom. The molecule has 0 radical (unpaired) electrons. The lowest BCUT2D eigenvalue weighted by Gasteiger charge is -2.38. The van der Waals surface area contributed by atoms with Crippen molar-refractivity contribution < 1.29 is 14.3 Å². The summed E-state index contributed by atoms with van der Waals surface area (Å²) in [5, 5.41) is 0. The van der Waals surface area contributed by atoms with Crippen molar-refractivity contribution in [1.29, 1.82) is 0 Å². The average Bonchev–Trinajstić information content (AvgIpc) is 2.86. The third kappa shape index (κ3) is 2.46. The number of rotatable bonds is 3. The van der Waals surface area contributed by atoms with Crippen LogP contribution in [-0.2, 0) is 14.3 Å². The summed E-state index contributed by atoms with van der Waals surface area (Å²) in [6.07, 6.45) is 6.78. The van der Waals surface area contributed by atoms with Gasteiger partial charge in [-0.05, 0) is 38.2 Å². The second-order valence-electron chi connectivity index (χ2n) is 6.49. The van der Waals surface area contributed by atoms with Crippen molar-refractivity contribution in [2.75, 3.05) is 0 Å². The fourth-order valence-corrected chi connectivity index (χ4v) is 3.35. The summed E-state index contributed by atoms with van der Waals surface area (Å²) < 4.78 is 11.0. The van der Waals surface area contributed by atoms with Crippen LogP contribution >= 0.6 is 0 Å². The molecule has 1 heterocycles. The van der Waals surface area contributed by atoms with Gasteiger partial charge in [0, 0.05) is 12.8 Å². The lowest BCUT2D eigenvalue weighted by Crippen LogP contribution is -2.39. The fraction of sp³-hybridized carbons (Fsp3) is 0.800. The predicted molar refractivity (Wildman–Crippen MR) is 70.2 cm³/mol. The van der Waals surface area contributed by atoms with Crippen LogP contribution in [-0.4, -0.2) is 23.8 Å². The van der Waals surface area contributed by atoms with Gasteiger partial charge < -0.3 is 9.47 Å². The van der Waals surface area contributed by atoms with E-state index >= 15 is 0 Å². The van der Waals surface area contributed by atoms with Crippen LogP contribution in [0.3, 0.4) is 0 Å². The number of carbonyl (C=O) groups excluding carboxylic acids is 1. The highest BCUT2D eigenvalue weighted by Gasteiger charge is 2.63. The van der Waals surface area contributed by atoms with E-state index < -0.39 is 0 Å². The molecule has 0 N–H and O–H groups in total. The quantitative estimate of drug-likeness (QED) is 0.440. The monoisotopic (exact) mass is 252 g/mol. The molecule has 0 aromatic carbocycles. The maximum absolute atomic E-state index is 10.9. The highest BCUT2D eigenvalue weighted by molar-refractivity contribution is 5.66. The molecule has 102 valence electrons. The molecule has 2 rings (SSSR count). The van der Waals surface area contributed by atoms with Crippen LogP contribution in [0.4, 0.5) is 0 Å². The third-order valence-electron chi connectivity index (χ3n) is 4.42. The molecule has 1 aliphatic heterocycles. The molecular formula is C15H24O3. The lowest BCUT2D eigenvalue weighted by molar-refractivity contribution is -0.143. The molecule has 3 nitrogen and oxygen atoms in total.